The predicted octanol–water partition coefficient (Wildman–Crippen LogP) is 3.26. The number of carbonyl (C=O) groups excluding carboxylic acids is 1. The number of hydrogen-bond acceptors (Lipinski definition) is 4. The number of aromatic amines is 1. The molecule has 0 atom stereocenters. The molecular formula is C19H28N4O2. The fourth-order valence-electron chi connectivity index (χ4n) is 5.33. The molecule has 1 N–H and O–H groups in total. The first-order chi connectivity index (χ1) is 11.8. The summed E-state index contributed by atoms with van der Waals surface area (Å²) in [4.78, 5) is 17.4. The summed E-state index contributed by atoms with van der Waals surface area (Å²) in [5.41, 5.74) is 0.559. The third-order valence-corrected chi connectivity index (χ3v) is 6.64. The average Bonchev–Trinajstić information content (AvgIpc) is 3.11. The second-order valence-electron chi connectivity index (χ2n) is 10.1. The van der Waals surface area contributed by atoms with Crippen LogP contribution in [0.3, 0.4) is 0 Å². The zero-order valence-electron chi connectivity index (χ0n) is 15.5. The Morgan fingerprint density at radius 3 is 2.52 bits per heavy atom. The Bertz CT molecular complexity index is 689. The first kappa shape index (κ1) is 15.6. The van der Waals surface area contributed by atoms with Crippen molar-refractivity contribution in [2.24, 2.45) is 16.7 Å². The molecule has 0 spiro atoms. The topological polar surface area (TPSA) is 71.1 Å². The lowest BCUT2D eigenvalue weighted by atomic mass is 9.30. The van der Waals surface area contributed by atoms with E-state index in [0.29, 0.717) is 22.7 Å². The SMILES string of the molecule is CC(C)(C)OC(=O)N1CC(C23CC(Cc4nnc(C5CC5)[nH]4)(C2)C3)C1. The number of likely N-dealkylation sites (tertiary alicyclic amines) is 1. The van der Waals surface area contributed by atoms with Crippen LogP contribution >= 0.6 is 0 Å². The van der Waals surface area contributed by atoms with Crippen LogP contribution in [0.4, 0.5) is 4.79 Å². The molecule has 4 saturated carbocycles. The van der Waals surface area contributed by atoms with Gasteiger partial charge in [-0.3, -0.25) is 0 Å². The predicted molar refractivity (Wildman–Crippen MR) is 92.1 cm³/mol. The van der Waals surface area contributed by atoms with Crippen molar-refractivity contribution < 1.29 is 9.53 Å². The van der Waals surface area contributed by atoms with E-state index in [1.54, 1.807) is 0 Å². The van der Waals surface area contributed by atoms with Crippen LogP contribution in [-0.2, 0) is 11.2 Å². The van der Waals surface area contributed by atoms with Crippen LogP contribution in [0.25, 0.3) is 0 Å². The lowest BCUT2D eigenvalue weighted by Crippen LogP contribution is -2.71. The molecule has 0 unspecified atom stereocenters. The minimum atomic E-state index is -0.404. The maximum atomic E-state index is 12.1. The van der Waals surface area contributed by atoms with Crippen molar-refractivity contribution in [3.05, 3.63) is 11.6 Å². The minimum absolute atomic E-state index is 0.153. The Balaban J connectivity index is 1.11. The molecule has 25 heavy (non-hydrogen) atoms. The number of carbonyl (C=O) groups is 1. The highest BCUT2D eigenvalue weighted by atomic mass is 16.6. The van der Waals surface area contributed by atoms with E-state index in [1.165, 1.54) is 32.1 Å². The van der Waals surface area contributed by atoms with Gasteiger partial charge in [0.05, 0.1) is 0 Å². The molecule has 1 aromatic rings. The van der Waals surface area contributed by atoms with Gasteiger partial charge in [0.2, 0.25) is 0 Å². The molecule has 4 aliphatic carbocycles. The van der Waals surface area contributed by atoms with Crippen LogP contribution in [0.2, 0.25) is 0 Å². The van der Waals surface area contributed by atoms with Crippen molar-refractivity contribution in [2.45, 2.75) is 70.8 Å². The van der Waals surface area contributed by atoms with E-state index in [0.717, 1.165) is 31.2 Å². The molecule has 6 rings (SSSR count). The molecule has 5 aliphatic rings. The lowest BCUT2D eigenvalue weighted by molar-refractivity contribution is -0.255. The summed E-state index contributed by atoms with van der Waals surface area (Å²) in [6.07, 6.45) is 7.32. The van der Waals surface area contributed by atoms with Gasteiger partial charge in [0.1, 0.15) is 17.2 Å². The Kier molecular flexibility index (Phi) is 2.99. The van der Waals surface area contributed by atoms with Crippen LogP contribution in [-0.4, -0.2) is 44.9 Å². The standard InChI is InChI=1S/C19H28N4O2/c1-17(2,3)25-16(24)23-7-13(8-23)19-9-18(10-19,11-19)6-14-20-15(22-21-14)12-4-5-12/h12-13H,4-11H2,1-3H3,(H,20,21,22). The summed E-state index contributed by atoms with van der Waals surface area (Å²) in [7, 11) is 0. The van der Waals surface area contributed by atoms with Gasteiger partial charge < -0.3 is 14.6 Å². The third-order valence-electron chi connectivity index (χ3n) is 6.64. The van der Waals surface area contributed by atoms with Gasteiger partial charge in [0.25, 0.3) is 0 Å². The third kappa shape index (κ3) is 2.56. The summed E-state index contributed by atoms with van der Waals surface area (Å²) in [5, 5.41) is 8.68. The highest BCUT2D eigenvalue weighted by Crippen LogP contribution is 2.77. The molecule has 6 heteroatoms. The molecule has 1 aromatic heterocycles. The summed E-state index contributed by atoms with van der Waals surface area (Å²) >= 11 is 0. The molecular weight excluding hydrogens is 316 g/mol. The first-order valence-corrected chi connectivity index (χ1v) is 9.65. The number of nitrogens with zero attached hydrogens (tertiary/aromatic N) is 3. The van der Waals surface area contributed by atoms with E-state index < -0.39 is 5.60 Å². The van der Waals surface area contributed by atoms with E-state index >= 15 is 0 Å². The minimum Gasteiger partial charge on any atom is -0.444 e. The Hall–Kier alpha value is -1.59. The lowest BCUT2D eigenvalue weighted by Gasteiger charge is -2.75. The van der Waals surface area contributed by atoms with Gasteiger partial charge in [-0.1, -0.05) is 0 Å². The maximum absolute atomic E-state index is 12.1. The molecule has 1 saturated heterocycles. The number of hydrogen-bond donors (Lipinski definition) is 1. The molecule has 5 fully saturated rings. The largest absolute Gasteiger partial charge is 0.444 e. The van der Waals surface area contributed by atoms with E-state index in [1.807, 2.05) is 25.7 Å². The van der Waals surface area contributed by atoms with Gasteiger partial charge >= 0.3 is 6.09 Å². The fraction of sp³-hybridized carbons (Fsp3) is 0.842. The first-order valence-electron chi connectivity index (χ1n) is 9.65. The summed E-state index contributed by atoms with van der Waals surface area (Å²) in [5.74, 6) is 3.50. The van der Waals surface area contributed by atoms with Gasteiger partial charge in [-0.2, -0.15) is 0 Å². The molecule has 2 bridgehead atoms. The number of aromatic nitrogens is 3. The Morgan fingerprint density at radius 1 is 1.24 bits per heavy atom. The number of nitrogens with one attached hydrogen (secondary N) is 1. The fourth-order valence-corrected chi connectivity index (χ4v) is 5.33. The number of amides is 1. The molecule has 1 amide bonds. The average molecular weight is 344 g/mol. The van der Waals surface area contributed by atoms with Crippen molar-refractivity contribution in [2.75, 3.05) is 13.1 Å². The van der Waals surface area contributed by atoms with Gasteiger partial charge in [-0.05, 0) is 63.7 Å². The molecule has 1 aliphatic heterocycles. The van der Waals surface area contributed by atoms with Crippen molar-refractivity contribution in [3.8, 4) is 0 Å². The second kappa shape index (κ2) is 4.77. The van der Waals surface area contributed by atoms with Crippen LogP contribution < -0.4 is 0 Å². The molecule has 0 radical (unpaired) electrons. The molecule has 6 nitrogen and oxygen atoms in total. The van der Waals surface area contributed by atoms with Crippen molar-refractivity contribution in [1.29, 1.82) is 0 Å². The summed E-state index contributed by atoms with van der Waals surface area (Å²) in [6.45, 7) is 7.51. The zero-order chi connectivity index (χ0) is 17.4. The van der Waals surface area contributed by atoms with Crippen LogP contribution in [0.15, 0.2) is 0 Å². The maximum Gasteiger partial charge on any atom is 0.410 e. The van der Waals surface area contributed by atoms with Crippen LogP contribution in [0.1, 0.15) is 70.4 Å². The van der Waals surface area contributed by atoms with E-state index in [-0.39, 0.29) is 6.09 Å². The van der Waals surface area contributed by atoms with E-state index in [4.69, 9.17) is 4.74 Å². The van der Waals surface area contributed by atoms with Crippen molar-refractivity contribution >= 4 is 6.09 Å². The zero-order valence-corrected chi connectivity index (χ0v) is 15.5. The highest BCUT2D eigenvalue weighted by Gasteiger charge is 2.71. The van der Waals surface area contributed by atoms with Crippen molar-refractivity contribution in [1.82, 2.24) is 20.1 Å². The highest BCUT2D eigenvalue weighted by molar-refractivity contribution is 5.69. The summed E-state index contributed by atoms with van der Waals surface area (Å²) < 4.78 is 5.46. The number of rotatable bonds is 4. The second-order valence-corrected chi connectivity index (χ2v) is 10.1. The smallest absolute Gasteiger partial charge is 0.410 e. The van der Waals surface area contributed by atoms with Crippen LogP contribution in [0.5, 0.6) is 0 Å². The van der Waals surface area contributed by atoms with Gasteiger partial charge in [-0.15, -0.1) is 10.2 Å². The van der Waals surface area contributed by atoms with E-state index in [2.05, 4.69) is 15.2 Å². The number of ether oxygens (including phenoxy) is 1. The number of H-pyrrole nitrogens is 1. The molecule has 0 aromatic carbocycles. The quantitative estimate of drug-likeness (QED) is 0.910. The van der Waals surface area contributed by atoms with E-state index in [9.17, 15) is 4.79 Å². The molecule has 2 heterocycles. The Morgan fingerprint density at radius 2 is 1.92 bits per heavy atom. The summed E-state index contributed by atoms with van der Waals surface area (Å²) in [6, 6.07) is 0. The monoisotopic (exact) mass is 344 g/mol. The van der Waals surface area contributed by atoms with Crippen molar-refractivity contribution in [3.63, 3.8) is 0 Å². The normalized spacial score (nSPS) is 34.1. The van der Waals surface area contributed by atoms with Gasteiger partial charge in [-0.25, -0.2) is 4.79 Å². The molecule has 136 valence electrons. The van der Waals surface area contributed by atoms with Gasteiger partial charge in [0.15, 0.2) is 0 Å². The van der Waals surface area contributed by atoms with Crippen LogP contribution in [0, 0.1) is 16.7 Å². The Labute approximate surface area is 148 Å². The van der Waals surface area contributed by atoms with Gasteiger partial charge in [0, 0.05) is 31.3 Å².